The molecule has 2 aromatic rings. The number of anilines is 1. The van der Waals surface area contributed by atoms with E-state index in [1.807, 2.05) is 0 Å². The van der Waals surface area contributed by atoms with E-state index in [1.54, 1.807) is 39.2 Å². The summed E-state index contributed by atoms with van der Waals surface area (Å²) in [4.78, 5) is 33.9. The standard InChI is InChI=1S/C27H34ClF3N4O3/c1-18-7-5-9-20(17-18)26(38,27(29,30)31)25(37)34(4)14-6-8-19-12-15-35(16-13-19)22-11-10-21(23(28)32-22)24(36)33(2)3/h5,7,9-11,17,19,38H,6,8,12-16H2,1-4H3/t26-/m0/s1. The number of hydrogen-bond donors (Lipinski definition) is 1. The smallest absolute Gasteiger partial charge is 0.369 e. The molecule has 2 heterocycles. The summed E-state index contributed by atoms with van der Waals surface area (Å²) in [5.41, 5.74) is -3.22. The number of carbonyl (C=O) groups is 2. The van der Waals surface area contributed by atoms with Crippen LogP contribution in [0, 0.1) is 12.8 Å². The van der Waals surface area contributed by atoms with Crippen molar-refractivity contribution >= 4 is 29.2 Å². The Morgan fingerprint density at radius 2 is 1.79 bits per heavy atom. The summed E-state index contributed by atoms with van der Waals surface area (Å²) < 4.78 is 41.7. The molecule has 1 aromatic carbocycles. The molecule has 0 unspecified atom stereocenters. The molecular formula is C27H34ClF3N4O3. The Balaban J connectivity index is 1.54. The average Bonchev–Trinajstić information content (AvgIpc) is 2.86. The summed E-state index contributed by atoms with van der Waals surface area (Å²) in [6, 6.07) is 8.75. The average molecular weight is 555 g/mol. The Labute approximate surface area is 226 Å². The second-order valence-corrected chi connectivity index (χ2v) is 10.4. The van der Waals surface area contributed by atoms with Crippen molar-refractivity contribution in [2.45, 2.75) is 44.4 Å². The maximum Gasteiger partial charge on any atom is 0.430 e. The monoisotopic (exact) mass is 554 g/mol. The molecule has 11 heteroatoms. The maximum absolute atomic E-state index is 13.9. The zero-order chi connectivity index (χ0) is 28.3. The fraction of sp³-hybridized carbons (Fsp3) is 0.519. The van der Waals surface area contributed by atoms with E-state index in [0.717, 1.165) is 43.3 Å². The number of likely N-dealkylation sites (N-methyl/N-ethyl adjacent to an activating group) is 1. The van der Waals surface area contributed by atoms with E-state index in [-0.39, 0.29) is 17.6 Å². The van der Waals surface area contributed by atoms with E-state index in [2.05, 4.69) is 9.88 Å². The number of amides is 2. The largest absolute Gasteiger partial charge is 0.430 e. The van der Waals surface area contributed by atoms with Gasteiger partial charge in [-0.15, -0.1) is 0 Å². The molecule has 1 aliphatic rings. The predicted molar refractivity (Wildman–Crippen MR) is 140 cm³/mol. The molecule has 1 saturated heterocycles. The minimum Gasteiger partial charge on any atom is -0.369 e. The van der Waals surface area contributed by atoms with Gasteiger partial charge in [-0.2, -0.15) is 13.2 Å². The quantitative estimate of drug-likeness (QED) is 0.481. The number of pyridine rings is 1. The number of nitrogens with zero attached hydrogens (tertiary/aromatic N) is 4. The highest BCUT2D eigenvalue weighted by molar-refractivity contribution is 6.32. The fourth-order valence-electron chi connectivity index (χ4n) is 4.73. The third kappa shape index (κ3) is 6.40. The van der Waals surface area contributed by atoms with Crippen LogP contribution in [0.3, 0.4) is 0 Å². The Hall–Kier alpha value is -2.85. The van der Waals surface area contributed by atoms with Crippen molar-refractivity contribution < 1.29 is 27.9 Å². The van der Waals surface area contributed by atoms with Crippen molar-refractivity contribution in [3.05, 3.63) is 58.2 Å². The van der Waals surface area contributed by atoms with Gasteiger partial charge in [0.2, 0.25) is 0 Å². The van der Waals surface area contributed by atoms with E-state index in [1.165, 1.54) is 24.1 Å². The van der Waals surface area contributed by atoms with Gasteiger partial charge >= 0.3 is 6.18 Å². The molecule has 7 nitrogen and oxygen atoms in total. The van der Waals surface area contributed by atoms with Gasteiger partial charge in [0.1, 0.15) is 11.0 Å². The van der Waals surface area contributed by atoms with Crippen molar-refractivity contribution in [1.29, 1.82) is 0 Å². The molecule has 1 atom stereocenters. The van der Waals surface area contributed by atoms with Crippen LogP contribution in [0.15, 0.2) is 36.4 Å². The van der Waals surface area contributed by atoms with Crippen LogP contribution in [-0.2, 0) is 10.4 Å². The molecule has 1 N–H and O–H groups in total. The zero-order valence-corrected chi connectivity index (χ0v) is 22.8. The van der Waals surface area contributed by atoms with Crippen LogP contribution < -0.4 is 4.90 Å². The van der Waals surface area contributed by atoms with E-state index >= 15 is 0 Å². The van der Waals surface area contributed by atoms with Crippen LogP contribution in [0.4, 0.5) is 19.0 Å². The SMILES string of the molecule is Cc1cccc([C@](O)(C(=O)N(C)CCCC2CCN(c3ccc(C(=O)N(C)C)c(Cl)n3)CC2)C(F)(F)F)c1. The number of rotatable bonds is 8. The molecule has 3 rings (SSSR count). The van der Waals surface area contributed by atoms with Crippen molar-refractivity contribution in [1.82, 2.24) is 14.8 Å². The molecule has 208 valence electrons. The molecule has 0 radical (unpaired) electrons. The lowest BCUT2D eigenvalue weighted by atomic mass is 9.89. The number of carbonyl (C=O) groups excluding carboxylic acids is 2. The van der Waals surface area contributed by atoms with Crippen molar-refractivity contribution in [2.75, 3.05) is 45.7 Å². The highest BCUT2D eigenvalue weighted by Gasteiger charge is 2.61. The second kappa shape index (κ2) is 11.9. The van der Waals surface area contributed by atoms with Crippen LogP contribution in [0.25, 0.3) is 0 Å². The first-order valence-electron chi connectivity index (χ1n) is 12.5. The van der Waals surface area contributed by atoms with Gasteiger partial charge in [-0.25, -0.2) is 4.98 Å². The number of aromatic nitrogens is 1. The number of halogens is 4. The normalized spacial score (nSPS) is 16.2. The summed E-state index contributed by atoms with van der Waals surface area (Å²) in [6.07, 6.45) is -2.20. The van der Waals surface area contributed by atoms with E-state index < -0.39 is 23.2 Å². The predicted octanol–water partition coefficient (Wildman–Crippen LogP) is 4.65. The number of alkyl halides is 3. The van der Waals surface area contributed by atoms with E-state index in [4.69, 9.17) is 11.6 Å². The van der Waals surface area contributed by atoms with Gasteiger partial charge in [-0.1, -0.05) is 41.4 Å². The van der Waals surface area contributed by atoms with Gasteiger partial charge in [0.15, 0.2) is 0 Å². The Morgan fingerprint density at radius 1 is 1.13 bits per heavy atom. The van der Waals surface area contributed by atoms with Crippen molar-refractivity contribution in [3.63, 3.8) is 0 Å². The third-order valence-corrected chi connectivity index (χ3v) is 7.31. The molecule has 1 fully saturated rings. The Kier molecular flexibility index (Phi) is 9.30. The minimum absolute atomic E-state index is 0.0990. The summed E-state index contributed by atoms with van der Waals surface area (Å²) in [5, 5.41) is 10.8. The van der Waals surface area contributed by atoms with Gasteiger partial charge in [0.25, 0.3) is 17.4 Å². The lowest BCUT2D eigenvalue weighted by Crippen LogP contribution is -2.55. The zero-order valence-electron chi connectivity index (χ0n) is 22.1. The number of aliphatic hydroxyl groups is 1. The molecule has 1 aromatic heterocycles. The first-order chi connectivity index (χ1) is 17.8. The van der Waals surface area contributed by atoms with Gasteiger partial charge in [0.05, 0.1) is 5.56 Å². The van der Waals surface area contributed by atoms with Gasteiger partial charge in [-0.05, 0) is 50.7 Å². The van der Waals surface area contributed by atoms with Crippen LogP contribution in [0.1, 0.15) is 47.2 Å². The lowest BCUT2D eigenvalue weighted by Gasteiger charge is -2.34. The minimum atomic E-state index is -5.16. The third-order valence-electron chi connectivity index (χ3n) is 7.02. The molecule has 0 spiro atoms. The fourth-order valence-corrected chi connectivity index (χ4v) is 4.96. The lowest BCUT2D eigenvalue weighted by molar-refractivity contribution is -0.261. The summed E-state index contributed by atoms with van der Waals surface area (Å²) in [7, 11) is 4.58. The first kappa shape index (κ1) is 29.7. The van der Waals surface area contributed by atoms with E-state index in [9.17, 15) is 27.9 Å². The summed E-state index contributed by atoms with van der Waals surface area (Å²) in [6.45, 7) is 3.16. The number of aryl methyl sites for hydroxylation is 1. The highest BCUT2D eigenvalue weighted by atomic mass is 35.5. The van der Waals surface area contributed by atoms with Gasteiger partial charge in [0, 0.05) is 46.3 Å². The number of benzene rings is 1. The van der Waals surface area contributed by atoms with Crippen molar-refractivity contribution in [2.24, 2.45) is 5.92 Å². The summed E-state index contributed by atoms with van der Waals surface area (Å²) in [5.74, 6) is -0.567. The van der Waals surface area contributed by atoms with Crippen molar-refractivity contribution in [3.8, 4) is 0 Å². The van der Waals surface area contributed by atoms with Crippen LogP contribution in [0.2, 0.25) is 5.15 Å². The molecule has 0 bridgehead atoms. The van der Waals surface area contributed by atoms with Crippen LogP contribution in [0.5, 0.6) is 0 Å². The van der Waals surface area contributed by atoms with E-state index in [0.29, 0.717) is 29.3 Å². The van der Waals surface area contributed by atoms with Crippen LogP contribution in [-0.4, -0.2) is 78.7 Å². The van der Waals surface area contributed by atoms with Gasteiger partial charge in [-0.3, -0.25) is 9.59 Å². The molecule has 38 heavy (non-hydrogen) atoms. The number of piperidine rings is 1. The highest BCUT2D eigenvalue weighted by Crippen LogP contribution is 2.40. The van der Waals surface area contributed by atoms with Gasteiger partial charge < -0.3 is 19.8 Å². The topological polar surface area (TPSA) is 77.0 Å². The second-order valence-electron chi connectivity index (χ2n) is 10.1. The summed E-state index contributed by atoms with van der Waals surface area (Å²) >= 11 is 6.24. The Morgan fingerprint density at radius 3 is 2.34 bits per heavy atom. The first-order valence-corrected chi connectivity index (χ1v) is 12.9. The molecule has 1 aliphatic heterocycles. The maximum atomic E-state index is 13.9. The van der Waals surface area contributed by atoms with Crippen LogP contribution >= 0.6 is 11.6 Å². The Bertz CT molecular complexity index is 1150. The molecule has 2 amide bonds. The molecular weight excluding hydrogens is 521 g/mol. The molecule has 0 aliphatic carbocycles. The number of hydrogen-bond acceptors (Lipinski definition) is 5. The molecule has 0 saturated carbocycles.